The molecule has 0 aromatic heterocycles. The van der Waals surface area contributed by atoms with Crippen LogP contribution in [-0.2, 0) is 6.42 Å². The van der Waals surface area contributed by atoms with Crippen LogP contribution < -0.4 is 4.90 Å². The van der Waals surface area contributed by atoms with Crippen LogP contribution in [-0.4, -0.2) is 37.6 Å². The average molecular weight is 384 g/mol. The first-order chi connectivity index (χ1) is 14.3. The molecule has 29 heavy (non-hydrogen) atoms. The zero-order valence-electron chi connectivity index (χ0n) is 17.1. The Morgan fingerprint density at radius 1 is 1.00 bits per heavy atom. The van der Waals surface area contributed by atoms with Crippen LogP contribution in [0.2, 0.25) is 0 Å². The fourth-order valence-electron chi connectivity index (χ4n) is 5.36. The Hall–Kier alpha value is -2.57. The number of hydrogen-bond donors (Lipinski definition) is 0. The molecular weight excluding hydrogens is 354 g/mol. The lowest BCUT2D eigenvalue weighted by Crippen LogP contribution is -2.21. The van der Waals surface area contributed by atoms with Gasteiger partial charge in [-0.1, -0.05) is 36.4 Å². The van der Waals surface area contributed by atoms with Gasteiger partial charge in [-0.05, 0) is 79.6 Å². The van der Waals surface area contributed by atoms with Gasteiger partial charge in [0, 0.05) is 31.2 Å². The van der Waals surface area contributed by atoms with Crippen LogP contribution in [0.3, 0.4) is 0 Å². The first-order valence-corrected chi connectivity index (χ1v) is 11.1. The minimum absolute atomic E-state index is 0.608. The van der Waals surface area contributed by atoms with Crippen LogP contribution in [0, 0.1) is 23.2 Å². The number of rotatable bonds is 5. The molecule has 2 saturated heterocycles. The van der Waals surface area contributed by atoms with Crippen molar-refractivity contribution in [1.82, 2.24) is 4.90 Å². The van der Waals surface area contributed by atoms with Gasteiger partial charge in [0.2, 0.25) is 0 Å². The highest BCUT2D eigenvalue weighted by Gasteiger charge is 2.38. The van der Waals surface area contributed by atoms with E-state index in [-0.39, 0.29) is 0 Å². The quantitative estimate of drug-likeness (QED) is 0.747. The number of allylic oxidation sites excluding steroid dienone is 1. The van der Waals surface area contributed by atoms with E-state index in [1.54, 1.807) is 0 Å². The molecule has 0 N–H and O–H groups in total. The Morgan fingerprint density at radius 2 is 1.83 bits per heavy atom. The Kier molecular flexibility index (Phi) is 5.12. The predicted molar refractivity (Wildman–Crippen MR) is 119 cm³/mol. The van der Waals surface area contributed by atoms with Crippen LogP contribution in [0.25, 0.3) is 5.57 Å². The lowest BCUT2D eigenvalue weighted by Gasteiger charge is -2.20. The third kappa shape index (κ3) is 3.82. The van der Waals surface area contributed by atoms with Gasteiger partial charge < -0.3 is 9.80 Å². The minimum Gasteiger partial charge on any atom is -0.371 e. The van der Waals surface area contributed by atoms with E-state index >= 15 is 0 Å². The second-order valence-electron chi connectivity index (χ2n) is 8.82. The maximum atomic E-state index is 9.20. The van der Waals surface area contributed by atoms with Crippen molar-refractivity contribution in [3.05, 3.63) is 71.3 Å². The number of hydrogen-bond acceptors (Lipinski definition) is 3. The van der Waals surface area contributed by atoms with Gasteiger partial charge in [-0.15, -0.1) is 0 Å². The fraction of sp³-hybridized carbons (Fsp3) is 0.423. The lowest BCUT2D eigenvalue weighted by atomic mass is 9.90. The molecule has 1 aliphatic carbocycles. The summed E-state index contributed by atoms with van der Waals surface area (Å²) in [5.41, 5.74) is 6.32. The molecule has 0 radical (unpaired) electrons. The van der Waals surface area contributed by atoms with E-state index in [1.165, 1.54) is 61.3 Å². The monoisotopic (exact) mass is 383 g/mol. The molecule has 5 rings (SSSR count). The van der Waals surface area contributed by atoms with E-state index < -0.39 is 0 Å². The Labute approximate surface area is 174 Å². The maximum absolute atomic E-state index is 9.20. The third-order valence-corrected chi connectivity index (χ3v) is 7.02. The highest BCUT2D eigenvalue weighted by Crippen LogP contribution is 2.44. The smallest absolute Gasteiger partial charge is 0.0992 e. The molecule has 2 atom stereocenters. The van der Waals surface area contributed by atoms with Gasteiger partial charge in [0.15, 0.2) is 0 Å². The zero-order chi connectivity index (χ0) is 19.6. The van der Waals surface area contributed by atoms with E-state index in [4.69, 9.17) is 0 Å². The molecule has 2 heterocycles. The predicted octanol–water partition coefficient (Wildman–Crippen LogP) is 4.74. The molecule has 2 aromatic rings. The maximum Gasteiger partial charge on any atom is 0.0992 e. The molecule has 3 aliphatic rings. The molecule has 2 unspecified atom stereocenters. The molecule has 0 saturated carbocycles. The topological polar surface area (TPSA) is 30.3 Å². The first-order valence-electron chi connectivity index (χ1n) is 11.1. The number of anilines is 1. The van der Waals surface area contributed by atoms with Gasteiger partial charge in [0.05, 0.1) is 11.6 Å². The molecule has 2 aromatic carbocycles. The molecule has 3 nitrogen and oxygen atoms in total. The van der Waals surface area contributed by atoms with Crippen LogP contribution in [0.1, 0.15) is 36.0 Å². The van der Waals surface area contributed by atoms with Gasteiger partial charge >= 0.3 is 0 Å². The number of likely N-dealkylation sites (tertiary alicyclic amines) is 1. The Bertz CT molecular complexity index is 931. The van der Waals surface area contributed by atoms with Gasteiger partial charge in [-0.2, -0.15) is 5.26 Å². The van der Waals surface area contributed by atoms with Crippen molar-refractivity contribution in [2.24, 2.45) is 11.8 Å². The van der Waals surface area contributed by atoms with Gasteiger partial charge in [-0.25, -0.2) is 0 Å². The summed E-state index contributed by atoms with van der Waals surface area (Å²) in [6.45, 7) is 5.91. The number of nitrogens with zero attached hydrogens (tertiary/aromatic N) is 3. The Morgan fingerprint density at radius 3 is 2.62 bits per heavy atom. The molecule has 0 spiro atoms. The molecular formula is C26H29N3. The van der Waals surface area contributed by atoms with E-state index in [1.807, 2.05) is 18.2 Å². The third-order valence-electron chi connectivity index (χ3n) is 7.02. The first kappa shape index (κ1) is 18.5. The van der Waals surface area contributed by atoms with Gasteiger partial charge in [-0.3, -0.25) is 0 Å². The summed E-state index contributed by atoms with van der Waals surface area (Å²) < 4.78 is 0. The summed E-state index contributed by atoms with van der Waals surface area (Å²) >= 11 is 0. The Balaban J connectivity index is 1.24. The second kappa shape index (κ2) is 8.05. The van der Waals surface area contributed by atoms with Crippen LogP contribution >= 0.6 is 0 Å². The van der Waals surface area contributed by atoms with Crippen molar-refractivity contribution in [3.63, 3.8) is 0 Å². The van der Waals surface area contributed by atoms with Crippen molar-refractivity contribution in [2.45, 2.75) is 25.7 Å². The van der Waals surface area contributed by atoms with Crippen LogP contribution in [0.15, 0.2) is 54.6 Å². The van der Waals surface area contributed by atoms with E-state index in [0.29, 0.717) is 11.8 Å². The van der Waals surface area contributed by atoms with Crippen LogP contribution in [0.5, 0.6) is 0 Å². The highest BCUT2D eigenvalue weighted by molar-refractivity contribution is 5.72. The van der Waals surface area contributed by atoms with E-state index in [0.717, 1.165) is 25.1 Å². The zero-order valence-corrected chi connectivity index (χ0v) is 17.1. The number of fused-ring (bicyclic) bond motifs is 1. The van der Waals surface area contributed by atoms with Crippen molar-refractivity contribution in [1.29, 1.82) is 5.26 Å². The SMILES string of the molecule is N#Cc1cccc(N2CC3CC=C(c4ccc(CCN5CCCC5)cc4)C3C2)c1. The molecule has 148 valence electrons. The fourth-order valence-corrected chi connectivity index (χ4v) is 5.36. The highest BCUT2D eigenvalue weighted by atomic mass is 15.2. The van der Waals surface area contributed by atoms with Crippen molar-refractivity contribution in [3.8, 4) is 6.07 Å². The average Bonchev–Trinajstić information content (AvgIpc) is 3.50. The molecule has 0 bridgehead atoms. The summed E-state index contributed by atoms with van der Waals surface area (Å²) in [7, 11) is 0. The van der Waals surface area contributed by atoms with Crippen molar-refractivity contribution < 1.29 is 0 Å². The lowest BCUT2D eigenvalue weighted by molar-refractivity contribution is 0.343. The van der Waals surface area contributed by atoms with E-state index in [9.17, 15) is 5.26 Å². The summed E-state index contributed by atoms with van der Waals surface area (Å²) in [4.78, 5) is 5.06. The summed E-state index contributed by atoms with van der Waals surface area (Å²) in [5.74, 6) is 1.31. The summed E-state index contributed by atoms with van der Waals surface area (Å²) in [5, 5.41) is 9.20. The largest absolute Gasteiger partial charge is 0.371 e. The summed E-state index contributed by atoms with van der Waals surface area (Å²) in [6.07, 6.45) is 7.54. The molecule has 2 fully saturated rings. The molecule has 3 heteroatoms. The summed E-state index contributed by atoms with van der Waals surface area (Å²) in [6, 6.07) is 19.7. The number of nitriles is 1. The van der Waals surface area contributed by atoms with Crippen molar-refractivity contribution >= 4 is 11.3 Å². The van der Waals surface area contributed by atoms with Crippen molar-refractivity contribution in [2.75, 3.05) is 37.6 Å². The van der Waals surface area contributed by atoms with Gasteiger partial charge in [0.25, 0.3) is 0 Å². The second-order valence-corrected chi connectivity index (χ2v) is 8.82. The standard InChI is InChI=1S/C26H29N3/c27-17-21-4-3-5-24(16-21)29-18-23-10-11-25(26(23)19-29)22-8-6-20(7-9-22)12-15-28-13-1-2-14-28/h3-9,11,16,23,26H,1-2,10,12-15,18-19H2. The molecule has 2 aliphatic heterocycles. The molecule has 0 amide bonds. The number of benzene rings is 2. The van der Waals surface area contributed by atoms with Crippen LogP contribution in [0.4, 0.5) is 5.69 Å². The van der Waals surface area contributed by atoms with Gasteiger partial charge in [0.1, 0.15) is 0 Å². The van der Waals surface area contributed by atoms with E-state index in [2.05, 4.69) is 52.3 Å². The normalized spacial score (nSPS) is 23.8. The minimum atomic E-state index is 0.608.